The molecule has 4 heterocycles. The highest BCUT2D eigenvalue weighted by Gasteiger charge is 1.93. The molecule has 0 bridgehead atoms. The molecule has 0 N–H and O–H groups in total. The molecular weight excluding hydrogens is 276 g/mol. The van der Waals surface area contributed by atoms with Crippen molar-refractivity contribution in [1.82, 2.24) is 29.2 Å². The molecular formula is C16H20N6. The van der Waals surface area contributed by atoms with Crippen LogP contribution in [0.5, 0.6) is 0 Å². The van der Waals surface area contributed by atoms with Gasteiger partial charge >= 0.3 is 0 Å². The Morgan fingerprint density at radius 2 is 1.73 bits per heavy atom. The molecule has 4 aromatic rings. The van der Waals surface area contributed by atoms with Crippen LogP contribution in [0.25, 0.3) is 11.2 Å². The molecule has 6 nitrogen and oxygen atoms in total. The standard InChI is InChI=1S/2C7H7N3.C2H6/c1-6-4-7-2-3-9-10(7)5-8-6;1-6-5-7-8-3-2-4-10(7)9-6;1-2/h2*2-5H,1H3;1-2H3. The summed E-state index contributed by atoms with van der Waals surface area (Å²) in [6.45, 7) is 7.92. The molecule has 0 radical (unpaired) electrons. The number of rotatable bonds is 0. The Balaban J connectivity index is 0.000000144. The average Bonchev–Trinajstić information content (AvgIpc) is 3.14. The fourth-order valence-corrected chi connectivity index (χ4v) is 1.88. The summed E-state index contributed by atoms with van der Waals surface area (Å²) in [6, 6.07) is 7.75. The second-order valence-corrected chi connectivity index (χ2v) is 4.44. The summed E-state index contributed by atoms with van der Waals surface area (Å²) in [5.41, 5.74) is 4.01. The van der Waals surface area contributed by atoms with Gasteiger partial charge in [0.2, 0.25) is 0 Å². The Kier molecular flexibility index (Phi) is 5.19. The highest BCUT2D eigenvalue weighted by atomic mass is 15.2. The Hall–Kier alpha value is -2.76. The first-order valence-corrected chi connectivity index (χ1v) is 7.25. The number of nitrogens with zero attached hydrogens (tertiary/aromatic N) is 6. The average molecular weight is 296 g/mol. The van der Waals surface area contributed by atoms with E-state index in [-0.39, 0.29) is 0 Å². The van der Waals surface area contributed by atoms with E-state index in [1.807, 2.05) is 58.2 Å². The number of hydrogen-bond donors (Lipinski definition) is 0. The molecule has 114 valence electrons. The van der Waals surface area contributed by atoms with Gasteiger partial charge in [0.25, 0.3) is 0 Å². The summed E-state index contributed by atoms with van der Waals surface area (Å²) >= 11 is 0. The maximum Gasteiger partial charge on any atom is 0.155 e. The van der Waals surface area contributed by atoms with Crippen LogP contribution in [0, 0.1) is 13.8 Å². The summed E-state index contributed by atoms with van der Waals surface area (Å²) in [5, 5.41) is 8.18. The van der Waals surface area contributed by atoms with E-state index in [2.05, 4.69) is 20.2 Å². The molecule has 4 rings (SSSR count). The molecule has 4 aromatic heterocycles. The van der Waals surface area contributed by atoms with Crippen molar-refractivity contribution in [2.24, 2.45) is 0 Å². The molecule has 0 spiro atoms. The van der Waals surface area contributed by atoms with Crippen LogP contribution in [0.2, 0.25) is 0 Å². The van der Waals surface area contributed by atoms with Gasteiger partial charge in [-0.2, -0.15) is 10.2 Å². The van der Waals surface area contributed by atoms with Gasteiger partial charge in [-0.3, -0.25) is 0 Å². The molecule has 22 heavy (non-hydrogen) atoms. The van der Waals surface area contributed by atoms with Gasteiger partial charge in [-0.05, 0) is 32.0 Å². The quantitative estimate of drug-likeness (QED) is 0.500. The van der Waals surface area contributed by atoms with Crippen molar-refractivity contribution in [2.45, 2.75) is 27.7 Å². The van der Waals surface area contributed by atoms with Gasteiger partial charge in [0.1, 0.15) is 6.33 Å². The van der Waals surface area contributed by atoms with Crippen molar-refractivity contribution in [2.75, 3.05) is 0 Å². The molecule has 0 amide bonds. The molecule has 0 aliphatic heterocycles. The monoisotopic (exact) mass is 296 g/mol. The Morgan fingerprint density at radius 1 is 0.909 bits per heavy atom. The van der Waals surface area contributed by atoms with Gasteiger partial charge in [-0.1, -0.05) is 13.8 Å². The van der Waals surface area contributed by atoms with E-state index in [1.165, 1.54) is 0 Å². The lowest BCUT2D eigenvalue weighted by Crippen LogP contribution is -1.89. The molecule has 6 heteroatoms. The van der Waals surface area contributed by atoms with Crippen LogP contribution in [-0.2, 0) is 0 Å². The van der Waals surface area contributed by atoms with E-state index < -0.39 is 0 Å². The maximum atomic E-state index is 4.17. The third kappa shape index (κ3) is 3.66. The zero-order valence-electron chi connectivity index (χ0n) is 13.3. The highest BCUT2D eigenvalue weighted by molar-refractivity contribution is 5.45. The minimum atomic E-state index is 0.903. The van der Waals surface area contributed by atoms with E-state index in [0.29, 0.717) is 0 Å². The normalized spacial score (nSPS) is 9.82. The number of fused-ring (bicyclic) bond motifs is 2. The predicted octanol–water partition coefficient (Wildman–Crippen LogP) is 3.10. The van der Waals surface area contributed by atoms with Crippen LogP contribution in [0.1, 0.15) is 25.2 Å². The van der Waals surface area contributed by atoms with Crippen molar-refractivity contribution >= 4 is 11.2 Å². The van der Waals surface area contributed by atoms with Crippen LogP contribution in [0.15, 0.2) is 49.2 Å². The van der Waals surface area contributed by atoms with Gasteiger partial charge in [0, 0.05) is 24.2 Å². The molecule has 0 atom stereocenters. The smallest absolute Gasteiger partial charge is 0.155 e. The van der Waals surface area contributed by atoms with Crippen LogP contribution < -0.4 is 0 Å². The molecule has 0 aromatic carbocycles. The maximum absolute atomic E-state index is 4.17. The van der Waals surface area contributed by atoms with Crippen molar-refractivity contribution in [3.63, 3.8) is 0 Å². The molecule has 0 unspecified atom stereocenters. The molecule has 0 aliphatic carbocycles. The summed E-state index contributed by atoms with van der Waals surface area (Å²) in [5.74, 6) is 0. The summed E-state index contributed by atoms with van der Waals surface area (Å²) < 4.78 is 3.50. The Bertz CT molecular complexity index is 813. The van der Waals surface area contributed by atoms with Crippen molar-refractivity contribution in [3.05, 3.63) is 60.6 Å². The van der Waals surface area contributed by atoms with Crippen molar-refractivity contribution < 1.29 is 0 Å². The van der Waals surface area contributed by atoms with E-state index >= 15 is 0 Å². The topological polar surface area (TPSA) is 60.4 Å². The lowest BCUT2D eigenvalue weighted by Gasteiger charge is -1.91. The summed E-state index contributed by atoms with van der Waals surface area (Å²) in [4.78, 5) is 8.18. The Morgan fingerprint density at radius 3 is 2.50 bits per heavy atom. The van der Waals surface area contributed by atoms with E-state index in [0.717, 1.165) is 22.6 Å². The van der Waals surface area contributed by atoms with Gasteiger partial charge < -0.3 is 0 Å². The first-order chi connectivity index (χ1) is 10.7. The number of aromatic nitrogens is 6. The molecule has 0 aliphatic rings. The number of hydrogen-bond acceptors (Lipinski definition) is 4. The second-order valence-electron chi connectivity index (χ2n) is 4.44. The first kappa shape index (κ1) is 15.6. The zero-order chi connectivity index (χ0) is 15.9. The van der Waals surface area contributed by atoms with Gasteiger partial charge in [0.05, 0.1) is 17.4 Å². The predicted molar refractivity (Wildman–Crippen MR) is 86.8 cm³/mol. The van der Waals surface area contributed by atoms with Crippen LogP contribution in [-0.4, -0.2) is 29.2 Å². The van der Waals surface area contributed by atoms with Gasteiger partial charge in [-0.15, -0.1) is 0 Å². The van der Waals surface area contributed by atoms with Crippen LogP contribution in [0.3, 0.4) is 0 Å². The van der Waals surface area contributed by atoms with E-state index in [9.17, 15) is 0 Å². The molecule has 0 saturated carbocycles. The van der Waals surface area contributed by atoms with Crippen LogP contribution >= 0.6 is 0 Å². The SMILES string of the molecule is CC.Cc1cc2ccnn2cn1.Cc1cc2ncccn2n1. The van der Waals surface area contributed by atoms with Gasteiger partial charge in [0.15, 0.2) is 5.65 Å². The van der Waals surface area contributed by atoms with Crippen molar-refractivity contribution in [3.8, 4) is 0 Å². The van der Waals surface area contributed by atoms with Crippen molar-refractivity contribution in [1.29, 1.82) is 0 Å². The Labute approximate surface area is 129 Å². The summed E-state index contributed by atoms with van der Waals surface area (Å²) in [7, 11) is 0. The second kappa shape index (κ2) is 7.31. The molecule has 0 saturated heterocycles. The summed E-state index contributed by atoms with van der Waals surface area (Å²) in [6.07, 6.45) is 7.12. The highest BCUT2D eigenvalue weighted by Crippen LogP contribution is 2.01. The fourth-order valence-electron chi connectivity index (χ4n) is 1.88. The zero-order valence-corrected chi connectivity index (χ0v) is 13.3. The van der Waals surface area contributed by atoms with Gasteiger partial charge in [-0.25, -0.2) is 19.0 Å². The first-order valence-electron chi connectivity index (χ1n) is 7.25. The number of aryl methyl sites for hydroxylation is 2. The van der Waals surface area contributed by atoms with E-state index in [1.54, 1.807) is 27.8 Å². The largest absolute Gasteiger partial charge is 0.242 e. The lowest BCUT2D eigenvalue weighted by molar-refractivity contribution is 0.910. The minimum Gasteiger partial charge on any atom is -0.242 e. The lowest BCUT2D eigenvalue weighted by atomic mass is 10.4. The third-order valence-electron chi connectivity index (χ3n) is 2.79. The minimum absolute atomic E-state index is 0.903. The molecule has 0 fully saturated rings. The fraction of sp³-hybridized carbons (Fsp3) is 0.250. The van der Waals surface area contributed by atoms with E-state index in [4.69, 9.17) is 0 Å². The van der Waals surface area contributed by atoms with Crippen LogP contribution in [0.4, 0.5) is 0 Å². The third-order valence-corrected chi connectivity index (χ3v) is 2.79.